The summed E-state index contributed by atoms with van der Waals surface area (Å²) in [5.74, 6) is -1.97. The van der Waals surface area contributed by atoms with Gasteiger partial charge in [-0.05, 0) is 41.3 Å². The molecule has 0 spiro atoms. The van der Waals surface area contributed by atoms with Crippen LogP contribution in [-0.2, 0) is 17.0 Å². The van der Waals surface area contributed by atoms with Crippen LogP contribution in [0.3, 0.4) is 0 Å². The molecule has 0 unspecified atom stereocenters. The Kier molecular flexibility index (Phi) is 6.95. The Morgan fingerprint density at radius 3 is 2.58 bits per heavy atom. The number of hydrogen-bond acceptors (Lipinski definition) is 8. The first-order chi connectivity index (χ1) is 19.4. The van der Waals surface area contributed by atoms with Crippen molar-refractivity contribution < 1.29 is 23.5 Å². The number of halogens is 1. The van der Waals surface area contributed by atoms with Crippen molar-refractivity contribution in [2.75, 3.05) is 4.90 Å². The summed E-state index contributed by atoms with van der Waals surface area (Å²) in [6.45, 7) is 2.03. The number of aromatic nitrogens is 2. The summed E-state index contributed by atoms with van der Waals surface area (Å²) in [6, 6.07) is 21.8. The van der Waals surface area contributed by atoms with Gasteiger partial charge < -0.3 is 9.52 Å². The van der Waals surface area contributed by atoms with Gasteiger partial charge in [0.2, 0.25) is 10.9 Å². The molecule has 0 fully saturated rings. The minimum Gasteiger partial charge on any atom is -0.503 e. The predicted molar refractivity (Wildman–Crippen MR) is 152 cm³/mol. The van der Waals surface area contributed by atoms with E-state index in [4.69, 9.17) is 4.42 Å². The van der Waals surface area contributed by atoms with E-state index in [1.807, 2.05) is 43.3 Å². The van der Waals surface area contributed by atoms with Gasteiger partial charge in [0.15, 0.2) is 15.9 Å². The van der Waals surface area contributed by atoms with Gasteiger partial charge >= 0.3 is 0 Å². The summed E-state index contributed by atoms with van der Waals surface area (Å²) in [4.78, 5) is 28.6. The van der Waals surface area contributed by atoms with E-state index in [0.717, 1.165) is 28.7 Å². The molecule has 1 aliphatic heterocycles. The number of benzene rings is 3. The maximum Gasteiger partial charge on any atom is 0.296 e. The van der Waals surface area contributed by atoms with E-state index in [0.29, 0.717) is 26.8 Å². The van der Waals surface area contributed by atoms with Crippen LogP contribution in [0.25, 0.3) is 11.0 Å². The average molecular weight is 572 g/mol. The highest BCUT2D eigenvalue weighted by Crippen LogP contribution is 2.44. The van der Waals surface area contributed by atoms with Crippen molar-refractivity contribution >= 4 is 50.9 Å². The second kappa shape index (κ2) is 10.7. The van der Waals surface area contributed by atoms with E-state index in [9.17, 15) is 19.1 Å². The number of aliphatic hydroxyl groups is 1. The zero-order valence-electron chi connectivity index (χ0n) is 21.2. The largest absolute Gasteiger partial charge is 0.503 e. The third-order valence-corrected chi connectivity index (χ3v) is 8.82. The van der Waals surface area contributed by atoms with Crippen LogP contribution in [0.2, 0.25) is 0 Å². The highest BCUT2D eigenvalue weighted by Gasteiger charge is 2.46. The van der Waals surface area contributed by atoms with Crippen LogP contribution in [0.5, 0.6) is 0 Å². The Hall–Kier alpha value is -4.28. The van der Waals surface area contributed by atoms with Crippen LogP contribution >= 0.6 is 23.1 Å². The van der Waals surface area contributed by atoms with Crippen LogP contribution in [0.4, 0.5) is 9.52 Å². The number of anilines is 1. The number of para-hydroxylation sites is 1. The summed E-state index contributed by atoms with van der Waals surface area (Å²) < 4.78 is 20.4. The summed E-state index contributed by atoms with van der Waals surface area (Å²) >= 11 is 2.42. The van der Waals surface area contributed by atoms with E-state index in [1.54, 1.807) is 36.4 Å². The van der Waals surface area contributed by atoms with Crippen LogP contribution in [0.1, 0.15) is 40.2 Å². The highest BCUT2D eigenvalue weighted by atomic mass is 32.2. The SMILES string of the molecule is CCc1ccc([C@H]2C(C(=O)c3cc4ccccc4o3)=C(O)C(=O)N2c2nnc(SCc3ccccc3F)s2)cc1. The first kappa shape index (κ1) is 26.0. The van der Waals surface area contributed by atoms with Crippen molar-refractivity contribution in [2.24, 2.45) is 0 Å². The summed E-state index contributed by atoms with van der Waals surface area (Å²) in [7, 11) is 0. The maximum absolute atomic E-state index is 14.1. The maximum atomic E-state index is 14.1. The Morgan fingerprint density at radius 1 is 1.07 bits per heavy atom. The van der Waals surface area contributed by atoms with Gasteiger partial charge in [0.1, 0.15) is 11.4 Å². The number of thioether (sulfide) groups is 1. The number of hydrogen-bond donors (Lipinski definition) is 1. The molecule has 10 heteroatoms. The zero-order valence-corrected chi connectivity index (χ0v) is 22.8. The first-order valence-electron chi connectivity index (χ1n) is 12.5. The number of ketones is 1. The molecular weight excluding hydrogens is 549 g/mol. The standard InChI is InChI=1S/C30H22FN3O4S2/c1-2-17-11-13-18(14-12-17)25-24(26(35)23-15-19-7-4-6-10-22(19)38-23)27(36)28(37)34(25)29-32-33-30(40-29)39-16-20-8-3-5-9-21(20)31/h3-15,25,36H,2,16H2,1H3/t25-/m0/s1. The second-order valence-corrected chi connectivity index (χ2v) is 11.3. The van der Waals surface area contributed by atoms with Crippen LogP contribution in [-0.4, -0.2) is 27.0 Å². The lowest BCUT2D eigenvalue weighted by atomic mass is 9.94. The molecule has 0 radical (unpaired) electrons. The fourth-order valence-corrected chi connectivity index (χ4v) is 6.48. The summed E-state index contributed by atoms with van der Waals surface area (Å²) in [5.41, 5.74) is 2.67. The van der Waals surface area contributed by atoms with Crippen molar-refractivity contribution in [1.29, 1.82) is 0 Å². The van der Waals surface area contributed by atoms with E-state index < -0.39 is 23.5 Å². The fourth-order valence-electron chi connectivity index (χ4n) is 4.63. The third kappa shape index (κ3) is 4.69. The van der Waals surface area contributed by atoms with E-state index in [2.05, 4.69) is 10.2 Å². The predicted octanol–water partition coefficient (Wildman–Crippen LogP) is 7.06. The van der Waals surface area contributed by atoms with Gasteiger partial charge in [-0.25, -0.2) is 4.39 Å². The van der Waals surface area contributed by atoms with Crippen LogP contribution < -0.4 is 4.90 Å². The zero-order chi connectivity index (χ0) is 27.8. The van der Waals surface area contributed by atoms with Gasteiger partial charge in [-0.1, -0.05) is 90.7 Å². The molecule has 1 amide bonds. The molecule has 3 heterocycles. The van der Waals surface area contributed by atoms with Gasteiger partial charge in [-0.15, -0.1) is 10.2 Å². The number of aryl methyl sites for hydroxylation is 1. The molecule has 5 aromatic rings. The Morgan fingerprint density at radius 2 is 1.82 bits per heavy atom. The quantitative estimate of drug-likeness (QED) is 0.121. The summed E-state index contributed by atoms with van der Waals surface area (Å²) in [6.07, 6.45) is 0.818. The van der Waals surface area contributed by atoms with Gasteiger partial charge in [-0.3, -0.25) is 14.5 Å². The molecule has 1 aliphatic rings. The number of furan rings is 1. The first-order valence-corrected chi connectivity index (χ1v) is 14.3. The molecule has 3 aromatic carbocycles. The topological polar surface area (TPSA) is 96.5 Å². The molecule has 0 saturated carbocycles. The number of carbonyl (C=O) groups excluding carboxylic acids is 2. The second-order valence-electron chi connectivity index (χ2n) is 9.14. The molecular formula is C30H22FN3O4S2. The van der Waals surface area contributed by atoms with Gasteiger partial charge in [0.05, 0.1) is 11.6 Å². The molecule has 200 valence electrons. The molecule has 1 atom stereocenters. The number of carbonyl (C=O) groups is 2. The molecule has 0 aliphatic carbocycles. The highest BCUT2D eigenvalue weighted by molar-refractivity contribution is 8.00. The van der Waals surface area contributed by atoms with Crippen molar-refractivity contribution in [3.05, 3.63) is 118 Å². The molecule has 0 bridgehead atoms. The number of amides is 1. The number of rotatable bonds is 8. The Bertz CT molecular complexity index is 1740. The lowest BCUT2D eigenvalue weighted by Gasteiger charge is -2.24. The van der Waals surface area contributed by atoms with E-state index in [1.165, 1.54) is 22.7 Å². The molecule has 7 nitrogen and oxygen atoms in total. The van der Waals surface area contributed by atoms with Crippen LogP contribution in [0.15, 0.2) is 99.0 Å². The third-order valence-electron chi connectivity index (χ3n) is 6.72. The minimum atomic E-state index is -0.948. The molecule has 1 N–H and O–H groups in total. The minimum absolute atomic E-state index is 0.0194. The van der Waals surface area contributed by atoms with E-state index >= 15 is 0 Å². The molecule has 2 aromatic heterocycles. The monoisotopic (exact) mass is 571 g/mol. The lowest BCUT2D eigenvalue weighted by molar-refractivity contribution is -0.117. The fraction of sp³-hybridized carbons (Fsp3) is 0.133. The number of nitrogens with zero attached hydrogens (tertiary/aromatic N) is 3. The summed E-state index contributed by atoms with van der Waals surface area (Å²) in [5, 5.41) is 20.4. The van der Waals surface area contributed by atoms with Crippen molar-refractivity contribution in [1.82, 2.24) is 10.2 Å². The molecule has 40 heavy (non-hydrogen) atoms. The van der Waals surface area contributed by atoms with Crippen LogP contribution in [0, 0.1) is 5.82 Å². The average Bonchev–Trinajstić information content (AvgIpc) is 3.69. The van der Waals surface area contributed by atoms with Gasteiger partial charge in [-0.2, -0.15) is 0 Å². The van der Waals surface area contributed by atoms with Gasteiger partial charge in [0.25, 0.3) is 5.91 Å². The smallest absolute Gasteiger partial charge is 0.296 e. The molecule has 0 saturated heterocycles. The number of Topliss-reactive ketones (excluding diaryl/α,β-unsaturated/α-hetero) is 1. The number of aliphatic hydroxyl groups excluding tert-OH is 1. The van der Waals surface area contributed by atoms with Gasteiger partial charge in [0, 0.05) is 11.1 Å². The normalized spacial score (nSPS) is 15.4. The number of fused-ring (bicyclic) bond motifs is 1. The Balaban J connectivity index is 1.37. The Labute approximate surface area is 237 Å². The van der Waals surface area contributed by atoms with Crippen molar-refractivity contribution in [3.8, 4) is 0 Å². The van der Waals surface area contributed by atoms with Crippen molar-refractivity contribution in [2.45, 2.75) is 29.5 Å². The van der Waals surface area contributed by atoms with Crippen molar-refractivity contribution in [3.63, 3.8) is 0 Å². The molecule has 6 rings (SSSR count). The van der Waals surface area contributed by atoms with E-state index in [-0.39, 0.29) is 22.3 Å². The lowest BCUT2D eigenvalue weighted by Crippen LogP contribution is -2.31.